The number of ether oxygens (including phenoxy) is 1. The highest BCUT2D eigenvalue weighted by Crippen LogP contribution is 2.27. The monoisotopic (exact) mass is 383 g/mol. The molecule has 0 atom stereocenters. The normalized spacial score (nSPS) is 10.6. The Balaban J connectivity index is 1.77. The Morgan fingerprint density at radius 2 is 1.83 bits per heavy atom. The van der Waals surface area contributed by atoms with Crippen LogP contribution in [-0.4, -0.2) is 12.5 Å². The SMILES string of the molecule is CCCOc1ccc(C(=O)Nc2ccc3ccccc3c2)cc1Br. The quantitative estimate of drug-likeness (QED) is 0.618. The molecule has 3 nitrogen and oxygen atoms in total. The van der Waals surface area contributed by atoms with Crippen LogP contribution in [0.4, 0.5) is 5.69 Å². The van der Waals surface area contributed by atoms with Gasteiger partial charge < -0.3 is 10.1 Å². The van der Waals surface area contributed by atoms with Crippen molar-refractivity contribution in [2.24, 2.45) is 0 Å². The first-order valence-electron chi connectivity index (χ1n) is 7.90. The predicted octanol–water partition coefficient (Wildman–Crippen LogP) is 5.64. The highest BCUT2D eigenvalue weighted by Gasteiger charge is 2.10. The number of anilines is 1. The molecule has 3 aromatic carbocycles. The standard InChI is InChI=1S/C20H18BrNO2/c1-2-11-24-19-10-8-16(13-18(19)21)20(23)22-17-9-7-14-5-3-4-6-15(14)12-17/h3-10,12-13H,2,11H2,1H3,(H,22,23). The van der Waals surface area contributed by atoms with Gasteiger partial charge in [0.05, 0.1) is 11.1 Å². The van der Waals surface area contributed by atoms with Gasteiger partial charge in [0.2, 0.25) is 0 Å². The number of halogens is 1. The minimum atomic E-state index is -0.145. The summed E-state index contributed by atoms with van der Waals surface area (Å²) in [5, 5.41) is 5.19. The van der Waals surface area contributed by atoms with Gasteiger partial charge in [-0.3, -0.25) is 4.79 Å². The van der Waals surface area contributed by atoms with Gasteiger partial charge in [0, 0.05) is 11.3 Å². The van der Waals surface area contributed by atoms with E-state index in [9.17, 15) is 4.79 Å². The minimum Gasteiger partial charge on any atom is -0.492 e. The van der Waals surface area contributed by atoms with Gasteiger partial charge in [0.1, 0.15) is 5.75 Å². The van der Waals surface area contributed by atoms with Gasteiger partial charge in [0.25, 0.3) is 5.91 Å². The fourth-order valence-corrected chi connectivity index (χ4v) is 2.93. The van der Waals surface area contributed by atoms with E-state index < -0.39 is 0 Å². The van der Waals surface area contributed by atoms with Crippen LogP contribution in [0.1, 0.15) is 23.7 Å². The van der Waals surface area contributed by atoms with Crippen LogP contribution in [0.5, 0.6) is 5.75 Å². The summed E-state index contributed by atoms with van der Waals surface area (Å²) in [6, 6.07) is 19.3. The second kappa shape index (κ2) is 7.49. The zero-order valence-corrected chi connectivity index (χ0v) is 15.0. The molecule has 0 aliphatic rings. The molecule has 1 amide bonds. The number of amides is 1. The molecule has 0 bridgehead atoms. The first-order valence-corrected chi connectivity index (χ1v) is 8.69. The van der Waals surface area contributed by atoms with Crippen molar-refractivity contribution in [1.29, 1.82) is 0 Å². The lowest BCUT2D eigenvalue weighted by molar-refractivity contribution is 0.102. The van der Waals surface area contributed by atoms with Crippen molar-refractivity contribution in [2.75, 3.05) is 11.9 Å². The van der Waals surface area contributed by atoms with Crippen LogP contribution in [0.15, 0.2) is 65.1 Å². The summed E-state index contributed by atoms with van der Waals surface area (Å²) >= 11 is 3.46. The lowest BCUT2D eigenvalue weighted by Gasteiger charge is -2.10. The summed E-state index contributed by atoms with van der Waals surface area (Å²) in [5.74, 6) is 0.604. The molecular weight excluding hydrogens is 366 g/mol. The first kappa shape index (κ1) is 16.5. The molecule has 0 aliphatic carbocycles. The molecule has 122 valence electrons. The Morgan fingerprint density at radius 1 is 1.04 bits per heavy atom. The van der Waals surface area contributed by atoms with Crippen LogP contribution in [0, 0.1) is 0 Å². The number of rotatable bonds is 5. The molecule has 4 heteroatoms. The third-order valence-corrected chi connectivity index (χ3v) is 4.28. The maximum absolute atomic E-state index is 12.5. The molecule has 0 aromatic heterocycles. The molecule has 0 radical (unpaired) electrons. The van der Waals surface area contributed by atoms with Gasteiger partial charge in [-0.2, -0.15) is 0 Å². The van der Waals surface area contributed by atoms with E-state index in [2.05, 4.69) is 28.2 Å². The van der Waals surface area contributed by atoms with E-state index >= 15 is 0 Å². The number of carbonyl (C=O) groups is 1. The lowest BCUT2D eigenvalue weighted by Crippen LogP contribution is -2.12. The van der Waals surface area contributed by atoms with Crippen molar-refractivity contribution in [3.63, 3.8) is 0 Å². The second-order valence-electron chi connectivity index (χ2n) is 5.51. The van der Waals surface area contributed by atoms with E-state index in [0.29, 0.717) is 12.2 Å². The maximum atomic E-state index is 12.5. The number of benzene rings is 3. The third-order valence-electron chi connectivity index (χ3n) is 3.66. The van der Waals surface area contributed by atoms with Crippen LogP contribution in [0.25, 0.3) is 10.8 Å². The lowest BCUT2D eigenvalue weighted by atomic mass is 10.1. The van der Waals surface area contributed by atoms with E-state index in [4.69, 9.17) is 4.74 Å². The Labute approximate surface area is 149 Å². The fourth-order valence-electron chi connectivity index (χ4n) is 2.44. The van der Waals surface area contributed by atoms with E-state index in [1.807, 2.05) is 48.5 Å². The largest absolute Gasteiger partial charge is 0.492 e. The summed E-state index contributed by atoms with van der Waals surface area (Å²) < 4.78 is 6.39. The Morgan fingerprint density at radius 3 is 2.58 bits per heavy atom. The topological polar surface area (TPSA) is 38.3 Å². The molecule has 0 saturated carbocycles. The second-order valence-corrected chi connectivity index (χ2v) is 6.36. The smallest absolute Gasteiger partial charge is 0.255 e. The molecule has 0 saturated heterocycles. The Kier molecular flexibility index (Phi) is 5.16. The van der Waals surface area contributed by atoms with Crippen molar-refractivity contribution in [2.45, 2.75) is 13.3 Å². The number of hydrogen-bond donors (Lipinski definition) is 1. The highest BCUT2D eigenvalue weighted by atomic mass is 79.9. The summed E-state index contributed by atoms with van der Waals surface area (Å²) in [4.78, 5) is 12.5. The average Bonchev–Trinajstić information content (AvgIpc) is 2.60. The molecule has 0 spiro atoms. The molecular formula is C20H18BrNO2. The van der Waals surface area contributed by atoms with Gasteiger partial charge >= 0.3 is 0 Å². The number of fused-ring (bicyclic) bond motifs is 1. The summed E-state index contributed by atoms with van der Waals surface area (Å²) in [6.07, 6.45) is 0.941. The number of nitrogens with one attached hydrogen (secondary N) is 1. The van der Waals surface area contributed by atoms with Crippen molar-refractivity contribution in [3.8, 4) is 5.75 Å². The molecule has 0 heterocycles. The van der Waals surface area contributed by atoms with E-state index in [1.165, 1.54) is 0 Å². The van der Waals surface area contributed by atoms with Gasteiger partial charge in [-0.15, -0.1) is 0 Å². The molecule has 0 aliphatic heterocycles. The minimum absolute atomic E-state index is 0.145. The predicted molar refractivity (Wildman–Crippen MR) is 102 cm³/mol. The van der Waals surface area contributed by atoms with Crippen LogP contribution in [0.3, 0.4) is 0 Å². The van der Waals surface area contributed by atoms with Crippen LogP contribution in [0.2, 0.25) is 0 Å². The fraction of sp³-hybridized carbons (Fsp3) is 0.150. The highest BCUT2D eigenvalue weighted by molar-refractivity contribution is 9.10. The van der Waals surface area contributed by atoms with Gasteiger partial charge in [-0.05, 0) is 63.5 Å². The van der Waals surface area contributed by atoms with Crippen molar-refractivity contribution >= 4 is 38.3 Å². The Hall–Kier alpha value is -2.33. The number of carbonyl (C=O) groups excluding carboxylic acids is 1. The zero-order valence-electron chi connectivity index (χ0n) is 13.4. The third kappa shape index (κ3) is 3.77. The van der Waals surface area contributed by atoms with Crippen LogP contribution >= 0.6 is 15.9 Å². The van der Waals surface area contributed by atoms with E-state index in [-0.39, 0.29) is 5.91 Å². The van der Waals surface area contributed by atoms with Crippen LogP contribution in [-0.2, 0) is 0 Å². The summed E-state index contributed by atoms with van der Waals surface area (Å²) in [5.41, 5.74) is 1.36. The Bertz CT molecular complexity index is 876. The molecule has 0 unspecified atom stereocenters. The van der Waals surface area contributed by atoms with E-state index in [1.54, 1.807) is 12.1 Å². The zero-order chi connectivity index (χ0) is 16.9. The van der Waals surface area contributed by atoms with Crippen molar-refractivity contribution in [3.05, 3.63) is 70.7 Å². The first-order chi connectivity index (χ1) is 11.7. The average molecular weight is 384 g/mol. The molecule has 3 rings (SSSR count). The summed E-state index contributed by atoms with van der Waals surface area (Å²) in [7, 11) is 0. The van der Waals surface area contributed by atoms with Crippen LogP contribution < -0.4 is 10.1 Å². The van der Waals surface area contributed by atoms with E-state index in [0.717, 1.165) is 33.1 Å². The molecule has 0 fully saturated rings. The van der Waals surface area contributed by atoms with Gasteiger partial charge in [0.15, 0.2) is 0 Å². The van der Waals surface area contributed by atoms with Crippen molar-refractivity contribution < 1.29 is 9.53 Å². The number of hydrogen-bond acceptors (Lipinski definition) is 2. The molecule has 24 heavy (non-hydrogen) atoms. The maximum Gasteiger partial charge on any atom is 0.255 e. The van der Waals surface area contributed by atoms with Crippen molar-refractivity contribution in [1.82, 2.24) is 0 Å². The van der Waals surface area contributed by atoms with Gasteiger partial charge in [-0.1, -0.05) is 37.3 Å². The molecule has 1 N–H and O–H groups in total. The summed E-state index contributed by atoms with van der Waals surface area (Å²) in [6.45, 7) is 2.71. The van der Waals surface area contributed by atoms with Gasteiger partial charge in [-0.25, -0.2) is 0 Å². The molecule has 3 aromatic rings.